The second-order valence-corrected chi connectivity index (χ2v) is 7.69. The zero-order chi connectivity index (χ0) is 20.2. The molecule has 2 N–H and O–H groups in total. The second kappa shape index (κ2) is 6.75. The first kappa shape index (κ1) is 19.2. The molecule has 1 heterocycles. The number of aromatic hydroxyl groups is 2. The lowest BCUT2D eigenvalue weighted by Crippen LogP contribution is -2.29. The first-order valence-corrected chi connectivity index (χ1v) is 9.47. The molecule has 0 aliphatic carbocycles. The molecule has 28 heavy (non-hydrogen) atoms. The number of phenolic OH excluding ortho intramolecular Hbond substituents is 2. The van der Waals surface area contributed by atoms with Crippen LogP contribution in [0.15, 0.2) is 48.5 Å². The molecule has 0 amide bonds. The second-order valence-electron chi connectivity index (χ2n) is 6.17. The molecule has 8 heteroatoms. The minimum Gasteiger partial charge on any atom is -0.508 e. The highest BCUT2D eigenvalue weighted by molar-refractivity contribution is 6.53. The van der Waals surface area contributed by atoms with Gasteiger partial charge in [-0.15, -0.1) is 0 Å². The van der Waals surface area contributed by atoms with E-state index in [1.807, 2.05) is 0 Å². The van der Waals surface area contributed by atoms with Crippen LogP contribution >= 0.6 is 46.4 Å². The maximum Gasteiger partial charge on any atom is 0.341 e. The fourth-order valence-corrected chi connectivity index (χ4v) is 4.45. The van der Waals surface area contributed by atoms with Gasteiger partial charge in [-0.1, -0.05) is 70.7 Å². The molecular weight excluding hydrogens is 446 g/mol. The maximum atomic E-state index is 12.8. The first-order chi connectivity index (χ1) is 13.3. The number of benzene rings is 3. The average Bonchev–Trinajstić information content (AvgIpc) is 2.99. The lowest BCUT2D eigenvalue weighted by Gasteiger charge is -2.31. The van der Waals surface area contributed by atoms with E-state index >= 15 is 0 Å². The maximum absolute atomic E-state index is 12.8. The Morgan fingerprint density at radius 1 is 0.750 bits per heavy atom. The molecule has 0 radical (unpaired) electrons. The molecule has 3 aromatic rings. The fourth-order valence-electron chi connectivity index (χ4n) is 3.39. The minimum atomic E-state index is -1.55. The number of hydrogen-bond acceptors (Lipinski definition) is 4. The van der Waals surface area contributed by atoms with Gasteiger partial charge in [-0.25, -0.2) is 4.79 Å². The van der Waals surface area contributed by atoms with Gasteiger partial charge in [0.15, 0.2) is 5.60 Å². The SMILES string of the molecule is O=C1O[C@](c2ccc(O)cc2)(c2cccc(O)c2)c2c(Cl)c(Cl)c(Cl)c(Cl)c21. The van der Waals surface area contributed by atoms with Crippen molar-refractivity contribution < 1.29 is 19.7 Å². The molecule has 1 aliphatic rings. The number of cyclic esters (lactones) is 1. The standard InChI is InChI=1S/C20H10Cl4O4/c21-15-13-14(16(22)18(24)17(15)23)20(28-19(13)27,9-4-6-11(25)7-5-9)10-2-1-3-12(26)8-10/h1-8,25-26H/t20-/m1/s1. The number of phenols is 2. The Morgan fingerprint density at radius 3 is 2.04 bits per heavy atom. The van der Waals surface area contributed by atoms with E-state index in [4.69, 9.17) is 51.1 Å². The summed E-state index contributed by atoms with van der Waals surface area (Å²) in [5, 5.41) is 19.6. The third-order valence-electron chi connectivity index (χ3n) is 4.60. The third-order valence-corrected chi connectivity index (χ3v) is 6.40. The monoisotopic (exact) mass is 454 g/mol. The Balaban J connectivity index is 2.17. The van der Waals surface area contributed by atoms with Crippen LogP contribution < -0.4 is 0 Å². The molecule has 3 aromatic carbocycles. The van der Waals surface area contributed by atoms with Gasteiger partial charge in [-0.3, -0.25) is 0 Å². The van der Waals surface area contributed by atoms with Crippen molar-refractivity contribution in [1.29, 1.82) is 0 Å². The lowest BCUT2D eigenvalue weighted by atomic mass is 9.79. The van der Waals surface area contributed by atoms with Gasteiger partial charge in [-0.2, -0.15) is 0 Å². The van der Waals surface area contributed by atoms with E-state index in [0.29, 0.717) is 11.1 Å². The zero-order valence-corrected chi connectivity index (χ0v) is 16.9. The van der Waals surface area contributed by atoms with Crippen molar-refractivity contribution in [3.05, 3.63) is 90.9 Å². The highest BCUT2D eigenvalue weighted by Gasteiger charge is 2.52. The van der Waals surface area contributed by atoms with Gasteiger partial charge in [-0.05, 0) is 24.3 Å². The molecule has 0 saturated heterocycles. The highest BCUT2D eigenvalue weighted by Crippen LogP contribution is 2.55. The number of rotatable bonds is 2. The molecule has 0 spiro atoms. The summed E-state index contributed by atoms with van der Waals surface area (Å²) < 4.78 is 5.84. The molecular formula is C20H10Cl4O4. The summed E-state index contributed by atoms with van der Waals surface area (Å²) in [5.41, 5.74) is -0.443. The molecule has 0 saturated carbocycles. The molecule has 0 aromatic heterocycles. The van der Waals surface area contributed by atoms with Crippen molar-refractivity contribution in [2.45, 2.75) is 5.60 Å². The van der Waals surface area contributed by atoms with E-state index < -0.39 is 11.6 Å². The molecule has 4 nitrogen and oxygen atoms in total. The number of carbonyl (C=O) groups excluding carboxylic acids is 1. The van der Waals surface area contributed by atoms with Crippen molar-refractivity contribution >= 4 is 52.4 Å². The quantitative estimate of drug-likeness (QED) is 0.275. The van der Waals surface area contributed by atoms with Crippen LogP contribution in [0.2, 0.25) is 20.1 Å². The van der Waals surface area contributed by atoms with Crippen LogP contribution in [0.4, 0.5) is 0 Å². The van der Waals surface area contributed by atoms with Gasteiger partial charge in [0.2, 0.25) is 0 Å². The molecule has 0 bridgehead atoms. The van der Waals surface area contributed by atoms with Gasteiger partial charge < -0.3 is 14.9 Å². The Morgan fingerprint density at radius 2 is 1.39 bits per heavy atom. The number of ether oxygens (including phenoxy) is 1. The van der Waals surface area contributed by atoms with Crippen LogP contribution in [0.25, 0.3) is 0 Å². The molecule has 1 atom stereocenters. The number of hydrogen-bond donors (Lipinski definition) is 2. The van der Waals surface area contributed by atoms with Crippen LogP contribution in [0.1, 0.15) is 27.0 Å². The smallest absolute Gasteiger partial charge is 0.341 e. The summed E-state index contributed by atoms with van der Waals surface area (Å²) in [4.78, 5) is 12.8. The summed E-state index contributed by atoms with van der Waals surface area (Å²) in [5.74, 6) is -0.753. The van der Waals surface area contributed by atoms with Gasteiger partial charge in [0, 0.05) is 16.7 Å². The summed E-state index contributed by atoms with van der Waals surface area (Å²) in [6, 6.07) is 12.2. The molecule has 1 aliphatic heterocycles. The van der Waals surface area contributed by atoms with Gasteiger partial charge in [0.05, 0.1) is 25.7 Å². The van der Waals surface area contributed by atoms with Crippen LogP contribution in [-0.2, 0) is 10.3 Å². The number of carbonyl (C=O) groups is 1. The van der Waals surface area contributed by atoms with Crippen LogP contribution in [0.3, 0.4) is 0 Å². The van der Waals surface area contributed by atoms with E-state index in [9.17, 15) is 15.0 Å². The van der Waals surface area contributed by atoms with Crippen molar-refractivity contribution in [2.75, 3.05) is 0 Å². The van der Waals surface area contributed by atoms with E-state index in [2.05, 4.69) is 0 Å². The van der Waals surface area contributed by atoms with E-state index in [0.717, 1.165) is 0 Å². The van der Waals surface area contributed by atoms with Gasteiger partial charge in [0.1, 0.15) is 11.5 Å². The molecule has 0 fully saturated rings. The predicted molar refractivity (Wildman–Crippen MR) is 108 cm³/mol. The molecule has 0 unspecified atom stereocenters. The summed E-state index contributed by atoms with van der Waals surface area (Å²) >= 11 is 25.2. The summed E-state index contributed by atoms with van der Waals surface area (Å²) in [7, 11) is 0. The van der Waals surface area contributed by atoms with Crippen molar-refractivity contribution in [1.82, 2.24) is 0 Å². The lowest BCUT2D eigenvalue weighted by molar-refractivity contribution is 0.0251. The minimum absolute atomic E-state index is 0.00233. The van der Waals surface area contributed by atoms with Crippen molar-refractivity contribution in [3.8, 4) is 11.5 Å². The normalized spacial score (nSPS) is 18.1. The van der Waals surface area contributed by atoms with Crippen LogP contribution in [-0.4, -0.2) is 16.2 Å². The van der Waals surface area contributed by atoms with Gasteiger partial charge in [0.25, 0.3) is 0 Å². The van der Waals surface area contributed by atoms with E-state index in [-0.39, 0.29) is 42.7 Å². The number of esters is 1. The number of fused-ring (bicyclic) bond motifs is 1. The topological polar surface area (TPSA) is 66.8 Å². The molecule has 4 rings (SSSR count). The third kappa shape index (κ3) is 2.64. The first-order valence-electron chi connectivity index (χ1n) is 7.96. The van der Waals surface area contributed by atoms with Crippen molar-refractivity contribution in [3.63, 3.8) is 0 Å². The fraction of sp³-hybridized carbons (Fsp3) is 0.0500. The Kier molecular flexibility index (Phi) is 4.63. The largest absolute Gasteiger partial charge is 0.508 e. The number of halogens is 4. The van der Waals surface area contributed by atoms with Gasteiger partial charge >= 0.3 is 5.97 Å². The predicted octanol–water partition coefficient (Wildman–Crippen LogP) is 6.17. The summed E-state index contributed by atoms with van der Waals surface area (Å²) in [6.07, 6.45) is 0. The Hall–Kier alpha value is -2.11. The Labute approximate surface area is 179 Å². The zero-order valence-electron chi connectivity index (χ0n) is 13.8. The van der Waals surface area contributed by atoms with E-state index in [1.165, 1.54) is 24.3 Å². The van der Waals surface area contributed by atoms with Crippen LogP contribution in [0, 0.1) is 0 Å². The van der Waals surface area contributed by atoms with E-state index in [1.54, 1.807) is 24.3 Å². The summed E-state index contributed by atoms with van der Waals surface area (Å²) in [6.45, 7) is 0. The highest BCUT2D eigenvalue weighted by atomic mass is 35.5. The Bertz CT molecular complexity index is 1130. The average molecular weight is 456 g/mol. The molecule has 142 valence electrons. The van der Waals surface area contributed by atoms with Crippen molar-refractivity contribution in [2.24, 2.45) is 0 Å². The van der Waals surface area contributed by atoms with Crippen LogP contribution in [0.5, 0.6) is 11.5 Å².